The monoisotopic (exact) mass is 306 g/mol. The standard InChI is InChI=1S/C9H8BrClN2OS/c10-7-4-3-6(14-7)9-13-12-8(15-9)2-1-5-11/h3-4H,1-2,5H2. The average molecular weight is 308 g/mol. The second kappa shape index (κ2) is 5.09. The second-order valence-electron chi connectivity index (χ2n) is 2.90. The van der Waals surface area contributed by atoms with Gasteiger partial charge in [0.1, 0.15) is 5.01 Å². The Hall–Kier alpha value is -0.390. The van der Waals surface area contributed by atoms with Gasteiger partial charge in [0.15, 0.2) is 15.4 Å². The normalized spacial score (nSPS) is 10.8. The molecule has 3 nitrogen and oxygen atoms in total. The SMILES string of the molecule is ClCCCc1nnc(-c2ccc(Br)o2)s1. The van der Waals surface area contributed by atoms with Crippen molar-refractivity contribution >= 4 is 38.9 Å². The summed E-state index contributed by atoms with van der Waals surface area (Å²) in [5.74, 6) is 1.40. The summed E-state index contributed by atoms with van der Waals surface area (Å²) >= 11 is 10.4. The van der Waals surface area contributed by atoms with Crippen molar-refractivity contribution in [3.05, 3.63) is 21.8 Å². The Balaban J connectivity index is 2.13. The molecule has 80 valence electrons. The minimum Gasteiger partial charge on any atom is -0.447 e. The van der Waals surface area contributed by atoms with E-state index >= 15 is 0 Å². The number of furan rings is 1. The zero-order valence-electron chi connectivity index (χ0n) is 7.74. The molecule has 0 fully saturated rings. The first-order chi connectivity index (χ1) is 7.29. The van der Waals surface area contributed by atoms with Gasteiger partial charge in [0, 0.05) is 12.3 Å². The number of alkyl halides is 1. The third kappa shape index (κ3) is 2.80. The molecule has 0 aliphatic heterocycles. The van der Waals surface area contributed by atoms with Gasteiger partial charge in [0.25, 0.3) is 0 Å². The Morgan fingerprint density at radius 2 is 2.27 bits per heavy atom. The van der Waals surface area contributed by atoms with Gasteiger partial charge in [-0.25, -0.2) is 0 Å². The van der Waals surface area contributed by atoms with Crippen molar-refractivity contribution in [2.45, 2.75) is 12.8 Å². The number of halogens is 2. The van der Waals surface area contributed by atoms with E-state index in [1.54, 1.807) is 11.3 Å². The predicted octanol–water partition coefficient (Wildman–Crippen LogP) is 3.73. The van der Waals surface area contributed by atoms with E-state index < -0.39 is 0 Å². The topological polar surface area (TPSA) is 38.9 Å². The molecule has 0 amide bonds. The number of aromatic nitrogens is 2. The highest BCUT2D eigenvalue weighted by molar-refractivity contribution is 9.10. The van der Waals surface area contributed by atoms with E-state index in [-0.39, 0.29) is 0 Å². The molecule has 0 bridgehead atoms. The molecule has 0 aliphatic carbocycles. The molecule has 0 N–H and O–H groups in total. The summed E-state index contributed by atoms with van der Waals surface area (Å²) in [5, 5.41) is 9.95. The first-order valence-corrected chi connectivity index (χ1v) is 6.58. The maximum atomic E-state index is 5.61. The molecule has 0 aromatic carbocycles. The van der Waals surface area contributed by atoms with Crippen LogP contribution in [0.4, 0.5) is 0 Å². The summed E-state index contributed by atoms with van der Waals surface area (Å²) in [7, 11) is 0. The van der Waals surface area contributed by atoms with E-state index in [0.717, 1.165) is 28.6 Å². The van der Waals surface area contributed by atoms with Gasteiger partial charge in [0.2, 0.25) is 0 Å². The predicted molar refractivity (Wildman–Crippen MR) is 64.4 cm³/mol. The number of nitrogens with zero attached hydrogens (tertiary/aromatic N) is 2. The van der Waals surface area contributed by atoms with Crippen LogP contribution in [0.1, 0.15) is 11.4 Å². The smallest absolute Gasteiger partial charge is 0.183 e. The van der Waals surface area contributed by atoms with Gasteiger partial charge in [-0.3, -0.25) is 0 Å². The fourth-order valence-corrected chi connectivity index (χ4v) is 2.38. The molecule has 2 aromatic rings. The molecule has 0 radical (unpaired) electrons. The Kier molecular flexibility index (Phi) is 3.77. The van der Waals surface area contributed by atoms with Gasteiger partial charge in [0.05, 0.1) is 0 Å². The molecule has 2 heterocycles. The van der Waals surface area contributed by atoms with Crippen LogP contribution < -0.4 is 0 Å². The fraction of sp³-hybridized carbons (Fsp3) is 0.333. The Bertz CT molecular complexity index is 443. The molecule has 0 aliphatic rings. The summed E-state index contributed by atoms with van der Waals surface area (Å²) in [6.45, 7) is 0. The molecule has 0 atom stereocenters. The van der Waals surface area contributed by atoms with Gasteiger partial charge in [-0.05, 0) is 34.5 Å². The minimum absolute atomic E-state index is 0.654. The third-order valence-corrected chi connectivity index (χ3v) is 3.47. The van der Waals surface area contributed by atoms with Gasteiger partial charge in [-0.2, -0.15) is 0 Å². The molecular weight excluding hydrogens is 300 g/mol. The van der Waals surface area contributed by atoms with Crippen LogP contribution in [-0.2, 0) is 6.42 Å². The summed E-state index contributed by atoms with van der Waals surface area (Å²) < 4.78 is 6.09. The lowest BCUT2D eigenvalue weighted by atomic mass is 10.4. The van der Waals surface area contributed by atoms with Gasteiger partial charge in [-0.1, -0.05) is 11.3 Å². The first kappa shape index (κ1) is 11.1. The van der Waals surface area contributed by atoms with E-state index in [1.165, 1.54) is 0 Å². The highest BCUT2D eigenvalue weighted by atomic mass is 79.9. The van der Waals surface area contributed by atoms with Crippen LogP contribution in [-0.4, -0.2) is 16.1 Å². The minimum atomic E-state index is 0.654. The molecule has 0 spiro atoms. The van der Waals surface area contributed by atoms with Crippen LogP contribution in [0.5, 0.6) is 0 Å². The molecule has 2 aromatic heterocycles. The van der Waals surface area contributed by atoms with Crippen molar-refractivity contribution in [2.75, 3.05) is 5.88 Å². The molecule has 15 heavy (non-hydrogen) atoms. The summed E-state index contributed by atoms with van der Waals surface area (Å²) in [4.78, 5) is 0. The van der Waals surface area contributed by atoms with E-state index in [9.17, 15) is 0 Å². The van der Waals surface area contributed by atoms with Crippen LogP contribution in [0.3, 0.4) is 0 Å². The lowest BCUT2D eigenvalue weighted by Gasteiger charge is -1.88. The van der Waals surface area contributed by atoms with Crippen molar-refractivity contribution in [3.8, 4) is 10.8 Å². The van der Waals surface area contributed by atoms with Crippen molar-refractivity contribution in [2.24, 2.45) is 0 Å². The van der Waals surface area contributed by atoms with Gasteiger partial charge >= 0.3 is 0 Å². The van der Waals surface area contributed by atoms with Gasteiger partial charge < -0.3 is 4.42 Å². The zero-order chi connectivity index (χ0) is 10.7. The van der Waals surface area contributed by atoms with Crippen molar-refractivity contribution in [3.63, 3.8) is 0 Å². The Labute approximate surface area is 105 Å². The summed E-state index contributed by atoms with van der Waals surface area (Å²) in [6, 6.07) is 3.71. The van der Waals surface area contributed by atoms with Crippen LogP contribution in [0.2, 0.25) is 0 Å². The summed E-state index contributed by atoms with van der Waals surface area (Å²) in [6.07, 6.45) is 1.81. The van der Waals surface area contributed by atoms with Crippen LogP contribution >= 0.6 is 38.9 Å². The van der Waals surface area contributed by atoms with Crippen molar-refractivity contribution in [1.82, 2.24) is 10.2 Å². The zero-order valence-corrected chi connectivity index (χ0v) is 10.9. The quantitative estimate of drug-likeness (QED) is 0.808. The number of hydrogen-bond acceptors (Lipinski definition) is 4. The highest BCUT2D eigenvalue weighted by Crippen LogP contribution is 2.27. The van der Waals surface area contributed by atoms with Crippen molar-refractivity contribution in [1.29, 1.82) is 0 Å². The largest absolute Gasteiger partial charge is 0.447 e. The Morgan fingerprint density at radius 1 is 1.40 bits per heavy atom. The molecule has 0 unspecified atom stereocenters. The third-order valence-electron chi connectivity index (χ3n) is 1.78. The van der Waals surface area contributed by atoms with Crippen LogP contribution in [0.25, 0.3) is 10.8 Å². The maximum Gasteiger partial charge on any atom is 0.183 e. The highest BCUT2D eigenvalue weighted by Gasteiger charge is 2.09. The lowest BCUT2D eigenvalue weighted by molar-refractivity contribution is 0.554. The summed E-state index contributed by atoms with van der Waals surface area (Å²) in [5.41, 5.74) is 0. The second-order valence-corrected chi connectivity index (χ2v) is 5.12. The van der Waals surface area contributed by atoms with E-state index in [1.807, 2.05) is 12.1 Å². The molecular formula is C9H8BrClN2OS. The number of hydrogen-bond donors (Lipinski definition) is 0. The lowest BCUT2D eigenvalue weighted by Crippen LogP contribution is -1.84. The first-order valence-electron chi connectivity index (χ1n) is 4.43. The average Bonchev–Trinajstić information content (AvgIpc) is 2.83. The molecule has 0 saturated heterocycles. The molecule has 0 saturated carbocycles. The fourth-order valence-electron chi connectivity index (χ4n) is 1.10. The van der Waals surface area contributed by atoms with E-state index in [2.05, 4.69) is 26.1 Å². The van der Waals surface area contributed by atoms with Crippen molar-refractivity contribution < 1.29 is 4.42 Å². The van der Waals surface area contributed by atoms with E-state index in [4.69, 9.17) is 16.0 Å². The Morgan fingerprint density at radius 3 is 2.93 bits per heavy atom. The van der Waals surface area contributed by atoms with Crippen LogP contribution in [0, 0.1) is 0 Å². The number of rotatable bonds is 4. The van der Waals surface area contributed by atoms with E-state index in [0.29, 0.717) is 10.5 Å². The number of aryl methyl sites for hydroxylation is 1. The van der Waals surface area contributed by atoms with Crippen LogP contribution in [0.15, 0.2) is 21.2 Å². The van der Waals surface area contributed by atoms with Gasteiger partial charge in [-0.15, -0.1) is 21.8 Å². The molecule has 6 heteroatoms. The molecule has 2 rings (SSSR count). The maximum absolute atomic E-state index is 5.61.